The third kappa shape index (κ3) is 5.35. The van der Waals surface area contributed by atoms with Gasteiger partial charge in [-0.05, 0) is 44.0 Å². The number of benzene rings is 1. The van der Waals surface area contributed by atoms with Crippen LogP contribution < -0.4 is 4.74 Å². The molecule has 0 bridgehead atoms. The molecule has 3 rings (SSSR count). The normalized spacial score (nSPS) is 16.4. The highest BCUT2D eigenvalue weighted by molar-refractivity contribution is 5.95. The Balaban J connectivity index is 1.41. The van der Waals surface area contributed by atoms with Crippen LogP contribution >= 0.6 is 0 Å². The Labute approximate surface area is 155 Å². The number of unbranched alkanes of at least 4 members (excludes halogenated alkanes) is 3. The Morgan fingerprint density at radius 1 is 1.12 bits per heavy atom. The average Bonchev–Trinajstić information content (AvgIpc) is 3.29. The van der Waals surface area contributed by atoms with E-state index in [1.54, 1.807) is 0 Å². The molecule has 0 amide bonds. The lowest BCUT2D eigenvalue weighted by molar-refractivity contribution is 0.295. The smallest absolute Gasteiger partial charge is 0.216 e. The first-order valence-corrected chi connectivity index (χ1v) is 9.63. The van der Waals surface area contributed by atoms with Crippen LogP contribution in [0.25, 0.3) is 0 Å². The lowest BCUT2D eigenvalue weighted by Crippen LogP contribution is -2.03. The highest BCUT2D eigenvalue weighted by atomic mass is 16.5. The quantitative estimate of drug-likeness (QED) is 0.585. The van der Waals surface area contributed by atoms with Gasteiger partial charge in [0.25, 0.3) is 0 Å². The Morgan fingerprint density at radius 3 is 2.69 bits per heavy atom. The molecule has 5 nitrogen and oxygen atoms in total. The van der Waals surface area contributed by atoms with Crippen LogP contribution in [0, 0.1) is 0 Å². The van der Waals surface area contributed by atoms with E-state index in [1.165, 1.54) is 25.7 Å². The fraction of sp³-hybridized carbons (Fsp3) is 0.524. The van der Waals surface area contributed by atoms with E-state index in [-0.39, 0.29) is 6.04 Å². The van der Waals surface area contributed by atoms with E-state index in [9.17, 15) is 0 Å². The zero-order valence-electron chi connectivity index (χ0n) is 15.7. The molecule has 0 radical (unpaired) electrons. The molecule has 2 heterocycles. The average molecular weight is 356 g/mol. The number of ether oxygens (including phenoxy) is 2. The van der Waals surface area contributed by atoms with Crippen LogP contribution in [0.5, 0.6) is 5.75 Å². The van der Waals surface area contributed by atoms with Crippen LogP contribution in [0.15, 0.2) is 39.8 Å². The SMILES string of the molecule is CCCCCCc1cc(CCOc2ccc(C3=NC(C)CO3)cc2)on1. The van der Waals surface area contributed by atoms with E-state index in [1.807, 2.05) is 31.2 Å². The van der Waals surface area contributed by atoms with Gasteiger partial charge in [-0.1, -0.05) is 31.3 Å². The topological polar surface area (TPSA) is 56.9 Å². The summed E-state index contributed by atoms with van der Waals surface area (Å²) in [5.41, 5.74) is 2.04. The third-order valence-corrected chi connectivity index (χ3v) is 4.41. The van der Waals surface area contributed by atoms with Gasteiger partial charge in [0.1, 0.15) is 18.1 Å². The Bertz CT molecular complexity index is 706. The van der Waals surface area contributed by atoms with E-state index in [0.29, 0.717) is 13.2 Å². The summed E-state index contributed by atoms with van der Waals surface area (Å²) in [6, 6.07) is 10.1. The first-order chi connectivity index (χ1) is 12.7. The highest BCUT2D eigenvalue weighted by Gasteiger charge is 2.15. The monoisotopic (exact) mass is 356 g/mol. The zero-order valence-corrected chi connectivity index (χ0v) is 15.7. The maximum atomic E-state index is 5.80. The summed E-state index contributed by atoms with van der Waals surface area (Å²) >= 11 is 0. The lowest BCUT2D eigenvalue weighted by Gasteiger charge is -2.06. The summed E-state index contributed by atoms with van der Waals surface area (Å²) in [5.74, 6) is 2.44. The van der Waals surface area contributed by atoms with Gasteiger partial charge in [-0.2, -0.15) is 0 Å². The summed E-state index contributed by atoms with van der Waals surface area (Å²) in [6.45, 7) is 5.49. The number of rotatable bonds is 10. The van der Waals surface area contributed by atoms with Crippen molar-refractivity contribution in [3.8, 4) is 5.75 Å². The van der Waals surface area contributed by atoms with E-state index in [2.05, 4.69) is 23.1 Å². The zero-order chi connectivity index (χ0) is 18.2. The molecule has 1 aromatic carbocycles. The maximum absolute atomic E-state index is 5.80. The molecular formula is C21H28N2O3. The van der Waals surface area contributed by atoms with Gasteiger partial charge in [0.05, 0.1) is 18.3 Å². The van der Waals surface area contributed by atoms with E-state index < -0.39 is 0 Å². The number of hydrogen-bond acceptors (Lipinski definition) is 5. The predicted octanol–water partition coefficient (Wildman–Crippen LogP) is 4.58. The van der Waals surface area contributed by atoms with Crippen molar-refractivity contribution >= 4 is 5.90 Å². The Kier molecular flexibility index (Phi) is 6.69. The molecule has 5 heteroatoms. The number of hydrogen-bond donors (Lipinski definition) is 0. The van der Waals surface area contributed by atoms with Gasteiger partial charge < -0.3 is 14.0 Å². The van der Waals surface area contributed by atoms with Crippen LogP contribution in [-0.2, 0) is 17.6 Å². The molecule has 140 valence electrons. The first-order valence-electron chi connectivity index (χ1n) is 9.63. The van der Waals surface area contributed by atoms with Gasteiger partial charge >= 0.3 is 0 Å². The van der Waals surface area contributed by atoms with Crippen molar-refractivity contribution in [3.05, 3.63) is 47.3 Å². The largest absolute Gasteiger partial charge is 0.493 e. The molecule has 0 saturated heterocycles. The molecule has 1 aliphatic rings. The Hall–Kier alpha value is -2.30. The van der Waals surface area contributed by atoms with Crippen LogP contribution in [0.4, 0.5) is 0 Å². The van der Waals surface area contributed by atoms with Gasteiger partial charge in [0.2, 0.25) is 5.90 Å². The summed E-state index contributed by atoms with van der Waals surface area (Å²) in [4.78, 5) is 4.46. The van der Waals surface area contributed by atoms with Crippen LogP contribution in [0.1, 0.15) is 56.5 Å². The summed E-state index contributed by atoms with van der Waals surface area (Å²) in [7, 11) is 0. The van der Waals surface area contributed by atoms with Crippen molar-refractivity contribution < 1.29 is 14.0 Å². The molecule has 1 aromatic heterocycles. The molecule has 1 unspecified atom stereocenters. The lowest BCUT2D eigenvalue weighted by atomic mass is 10.1. The number of aromatic nitrogens is 1. The predicted molar refractivity (Wildman–Crippen MR) is 102 cm³/mol. The van der Waals surface area contributed by atoms with Crippen LogP contribution in [-0.4, -0.2) is 30.3 Å². The number of nitrogens with zero attached hydrogens (tertiary/aromatic N) is 2. The van der Waals surface area contributed by atoms with E-state index in [4.69, 9.17) is 14.0 Å². The molecule has 0 N–H and O–H groups in total. The van der Waals surface area contributed by atoms with Gasteiger partial charge in [-0.15, -0.1) is 0 Å². The fourth-order valence-corrected chi connectivity index (χ4v) is 2.92. The van der Waals surface area contributed by atoms with Crippen molar-refractivity contribution in [3.63, 3.8) is 0 Å². The van der Waals surface area contributed by atoms with Gasteiger partial charge in [-0.3, -0.25) is 0 Å². The molecule has 26 heavy (non-hydrogen) atoms. The third-order valence-electron chi connectivity index (χ3n) is 4.41. The minimum absolute atomic E-state index is 0.236. The number of aliphatic imine (C=N–C) groups is 1. The maximum Gasteiger partial charge on any atom is 0.216 e. The van der Waals surface area contributed by atoms with Gasteiger partial charge in [-0.25, -0.2) is 4.99 Å². The molecule has 0 fully saturated rings. The van der Waals surface area contributed by atoms with E-state index >= 15 is 0 Å². The molecule has 1 aliphatic heterocycles. The summed E-state index contributed by atoms with van der Waals surface area (Å²) < 4.78 is 16.8. The van der Waals surface area contributed by atoms with Crippen molar-refractivity contribution in [1.82, 2.24) is 5.16 Å². The van der Waals surface area contributed by atoms with Crippen LogP contribution in [0.2, 0.25) is 0 Å². The van der Waals surface area contributed by atoms with Crippen molar-refractivity contribution in [1.29, 1.82) is 0 Å². The minimum atomic E-state index is 0.236. The molecule has 0 saturated carbocycles. The van der Waals surface area contributed by atoms with Crippen LogP contribution in [0.3, 0.4) is 0 Å². The molecule has 0 aliphatic carbocycles. The van der Waals surface area contributed by atoms with Gasteiger partial charge in [0, 0.05) is 18.1 Å². The van der Waals surface area contributed by atoms with E-state index in [0.717, 1.165) is 41.5 Å². The Morgan fingerprint density at radius 2 is 1.96 bits per heavy atom. The van der Waals surface area contributed by atoms with Crippen molar-refractivity contribution in [2.75, 3.05) is 13.2 Å². The molecular weight excluding hydrogens is 328 g/mol. The number of aryl methyl sites for hydroxylation is 1. The minimum Gasteiger partial charge on any atom is -0.493 e. The first kappa shape index (κ1) is 18.5. The second kappa shape index (κ2) is 9.41. The molecule has 0 spiro atoms. The van der Waals surface area contributed by atoms with Crippen molar-refractivity contribution in [2.45, 2.75) is 58.4 Å². The fourth-order valence-electron chi connectivity index (χ4n) is 2.92. The second-order valence-electron chi connectivity index (χ2n) is 6.81. The summed E-state index contributed by atoms with van der Waals surface area (Å²) in [6.07, 6.45) is 6.69. The standard InChI is InChI=1S/C21H28N2O3/c1-3-4-5-6-7-18-14-20(26-23-18)12-13-24-19-10-8-17(9-11-19)21-22-16(2)15-25-21/h8-11,14,16H,3-7,12-13,15H2,1-2H3. The summed E-state index contributed by atoms with van der Waals surface area (Å²) in [5, 5.41) is 4.14. The molecule has 1 atom stereocenters. The van der Waals surface area contributed by atoms with Gasteiger partial charge in [0.15, 0.2) is 0 Å². The molecule has 2 aromatic rings. The van der Waals surface area contributed by atoms with Crippen molar-refractivity contribution in [2.24, 2.45) is 4.99 Å². The highest BCUT2D eigenvalue weighted by Crippen LogP contribution is 2.17. The second-order valence-corrected chi connectivity index (χ2v) is 6.81.